The predicted octanol–water partition coefficient (Wildman–Crippen LogP) is 2.72. The normalized spacial score (nSPS) is 11.3. The van der Waals surface area contributed by atoms with Gasteiger partial charge < -0.3 is 10.6 Å². The molecule has 0 aliphatic carbocycles. The molecule has 0 saturated heterocycles. The van der Waals surface area contributed by atoms with Crippen LogP contribution in [0.1, 0.15) is 0 Å². The van der Waals surface area contributed by atoms with Crippen molar-refractivity contribution in [2.24, 2.45) is 0 Å². The lowest BCUT2D eigenvalue weighted by Crippen LogP contribution is -2.28. The number of aromatic nitrogens is 3. The number of rotatable bonds is 8. The van der Waals surface area contributed by atoms with E-state index in [1.165, 1.54) is 6.07 Å². The van der Waals surface area contributed by atoms with Crippen molar-refractivity contribution in [1.29, 1.82) is 0 Å². The molecule has 3 aromatic rings. The number of anilines is 3. The molecule has 0 amide bonds. The van der Waals surface area contributed by atoms with Crippen LogP contribution in [0.4, 0.5) is 17.5 Å². The van der Waals surface area contributed by atoms with E-state index in [-0.39, 0.29) is 10.8 Å². The Bertz CT molecular complexity index is 948. The second-order valence-corrected chi connectivity index (χ2v) is 8.74. The van der Waals surface area contributed by atoms with Crippen molar-refractivity contribution in [3.05, 3.63) is 53.0 Å². The molecule has 136 valence electrons. The predicted molar refractivity (Wildman–Crippen MR) is 103 cm³/mol. The van der Waals surface area contributed by atoms with Gasteiger partial charge in [-0.2, -0.15) is 0 Å². The van der Waals surface area contributed by atoms with Gasteiger partial charge in [0.25, 0.3) is 0 Å². The van der Waals surface area contributed by atoms with Crippen LogP contribution in [0.3, 0.4) is 0 Å². The van der Waals surface area contributed by atoms with Crippen LogP contribution < -0.4 is 15.4 Å². The van der Waals surface area contributed by atoms with Gasteiger partial charge in [0.1, 0.15) is 15.8 Å². The number of halogens is 1. The molecule has 0 spiro atoms. The van der Waals surface area contributed by atoms with E-state index < -0.39 is 10.0 Å². The van der Waals surface area contributed by atoms with Gasteiger partial charge in [0.15, 0.2) is 5.82 Å². The van der Waals surface area contributed by atoms with E-state index >= 15 is 0 Å². The fraction of sp³-hybridized carbons (Fsp3) is 0.133. The van der Waals surface area contributed by atoms with Crippen LogP contribution in [0, 0.1) is 0 Å². The molecule has 0 unspecified atom stereocenters. The third kappa shape index (κ3) is 5.11. The first-order chi connectivity index (χ1) is 12.5. The highest BCUT2D eigenvalue weighted by atomic mass is 35.5. The van der Waals surface area contributed by atoms with E-state index in [0.717, 1.165) is 11.3 Å². The molecule has 0 saturated carbocycles. The fourth-order valence-corrected chi connectivity index (χ4v) is 4.51. The summed E-state index contributed by atoms with van der Waals surface area (Å²) in [5.41, 5.74) is 0. The van der Waals surface area contributed by atoms with Gasteiger partial charge >= 0.3 is 0 Å². The number of nitrogens with zero attached hydrogens (tertiary/aromatic N) is 3. The Hall–Kier alpha value is -2.27. The maximum Gasteiger partial charge on any atom is 0.250 e. The molecule has 26 heavy (non-hydrogen) atoms. The van der Waals surface area contributed by atoms with Crippen LogP contribution in [-0.2, 0) is 10.0 Å². The monoisotopic (exact) mass is 410 g/mol. The van der Waals surface area contributed by atoms with Crippen molar-refractivity contribution in [2.45, 2.75) is 4.21 Å². The van der Waals surface area contributed by atoms with E-state index in [4.69, 9.17) is 11.6 Å². The van der Waals surface area contributed by atoms with Crippen molar-refractivity contribution < 1.29 is 8.42 Å². The molecule has 3 heterocycles. The molecule has 0 fully saturated rings. The largest absolute Gasteiger partial charge is 0.367 e. The molecule has 0 atom stereocenters. The molecule has 3 aromatic heterocycles. The summed E-state index contributed by atoms with van der Waals surface area (Å²) in [5, 5.41) is 14.1. The highest BCUT2D eigenvalue weighted by molar-refractivity contribution is 7.91. The number of hydrogen-bond donors (Lipinski definition) is 3. The van der Waals surface area contributed by atoms with E-state index in [9.17, 15) is 8.42 Å². The Kier molecular flexibility index (Phi) is 5.99. The van der Waals surface area contributed by atoms with Gasteiger partial charge in [-0.15, -0.1) is 21.5 Å². The molecule has 3 N–H and O–H groups in total. The van der Waals surface area contributed by atoms with E-state index in [0.29, 0.717) is 28.3 Å². The quantitative estimate of drug-likeness (QED) is 0.490. The van der Waals surface area contributed by atoms with Crippen LogP contribution in [-0.4, -0.2) is 36.7 Å². The first-order valence-corrected chi connectivity index (χ1v) is 10.2. The molecule has 8 nitrogen and oxygen atoms in total. The Morgan fingerprint density at radius 2 is 1.77 bits per heavy atom. The molecule has 0 aliphatic rings. The average Bonchev–Trinajstić information content (AvgIpc) is 3.08. The van der Waals surface area contributed by atoms with Crippen molar-refractivity contribution in [1.82, 2.24) is 19.9 Å². The van der Waals surface area contributed by atoms with Gasteiger partial charge in [0.2, 0.25) is 10.0 Å². The summed E-state index contributed by atoms with van der Waals surface area (Å²) in [6, 6.07) is 12.0. The second-order valence-electron chi connectivity index (χ2n) is 5.03. The van der Waals surface area contributed by atoms with Gasteiger partial charge in [-0.1, -0.05) is 17.7 Å². The first kappa shape index (κ1) is 18.5. The summed E-state index contributed by atoms with van der Waals surface area (Å²) >= 11 is 6.77. The maximum absolute atomic E-state index is 12.0. The molecule has 0 bridgehead atoms. The van der Waals surface area contributed by atoms with Crippen LogP contribution in [0.2, 0.25) is 4.34 Å². The summed E-state index contributed by atoms with van der Waals surface area (Å²) in [4.78, 5) is 4.14. The van der Waals surface area contributed by atoms with E-state index in [1.54, 1.807) is 24.4 Å². The summed E-state index contributed by atoms with van der Waals surface area (Å²) < 4.78 is 27.2. The average molecular weight is 411 g/mol. The number of hydrogen-bond acceptors (Lipinski definition) is 8. The molecule has 11 heteroatoms. The van der Waals surface area contributed by atoms with Crippen molar-refractivity contribution in [2.75, 3.05) is 23.7 Å². The summed E-state index contributed by atoms with van der Waals surface area (Å²) in [5.74, 6) is 1.77. The van der Waals surface area contributed by atoms with Crippen LogP contribution in [0.5, 0.6) is 0 Å². The zero-order valence-electron chi connectivity index (χ0n) is 13.4. The molecular weight excluding hydrogens is 396 g/mol. The Labute approximate surface area is 159 Å². The van der Waals surface area contributed by atoms with Gasteiger partial charge in [-0.05, 0) is 36.4 Å². The first-order valence-electron chi connectivity index (χ1n) is 7.53. The lowest BCUT2D eigenvalue weighted by atomic mass is 10.4. The van der Waals surface area contributed by atoms with Crippen molar-refractivity contribution in [3.63, 3.8) is 0 Å². The van der Waals surface area contributed by atoms with E-state index in [2.05, 4.69) is 30.5 Å². The molecule has 0 aliphatic heterocycles. The Morgan fingerprint density at radius 1 is 0.962 bits per heavy atom. The molecule has 0 aromatic carbocycles. The van der Waals surface area contributed by atoms with Gasteiger partial charge in [0.05, 0.1) is 4.34 Å². The lowest BCUT2D eigenvalue weighted by molar-refractivity contribution is 0.585. The van der Waals surface area contributed by atoms with E-state index in [1.807, 2.05) is 18.2 Å². The fourth-order valence-electron chi connectivity index (χ4n) is 1.95. The number of nitrogens with one attached hydrogen (secondary N) is 3. The van der Waals surface area contributed by atoms with Crippen molar-refractivity contribution >= 4 is 50.4 Å². The number of pyridine rings is 1. The molecular formula is C15H15ClN6O2S2. The van der Waals surface area contributed by atoms with Crippen LogP contribution in [0.15, 0.2) is 52.9 Å². The Balaban J connectivity index is 1.46. The second kappa shape index (κ2) is 8.41. The smallest absolute Gasteiger partial charge is 0.250 e. The van der Waals surface area contributed by atoms with Crippen LogP contribution in [0.25, 0.3) is 0 Å². The summed E-state index contributed by atoms with van der Waals surface area (Å²) in [6.07, 6.45) is 1.68. The molecule has 0 radical (unpaired) electrons. The number of thiophene rings is 1. The lowest BCUT2D eigenvalue weighted by Gasteiger charge is -2.08. The highest BCUT2D eigenvalue weighted by Crippen LogP contribution is 2.25. The minimum atomic E-state index is -3.54. The third-order valence-corrected chi connectivity index (χ3v) is 6.31. The summed E-state index contributed by atoms with van der Waals surface area (Å²) in [7, 11) is -3.54. The third-order valence-electron chi connectivity index (χ3n) is 3.12. The van der Waals surface area contributed by atoms with Crippen LogP contribution >= 0.6 is 22.9 Å². The Morgan fingerprint density at radius 3 is 2.42 bits per heavy atom. The molecule has 3 rings (SSSR count). The van der Waals surface area contributed by atoms with Gasteiger partial charge in [0, 0.05) is 19.3 Å². The minimum absolute atomic E-state index is 0.187. The standard InChI is InChI=1S/C15H15ClN6O2S2/c16-11-4-7-15(25-11)26(23,24)19-10-9-18-13-5-6-14(22-21-13)20-12-3-1-2-8-17-12/h1-8,19H,9-10H2,(H,18,21)(H,17,20,22). The maximum atomic E-state index is 12.0. The zero-order valence-corrected chi connectivity index (χ0v) is 15.8. The minimum Gasteiger partial charge on any atom is -0.367 e. The SMILES string of the molecule is O=S(=O)(NCCNc1ccc(Nc2ccccn2)nn1)c1ccc(Cl)s1. The van der Waals surface area contributed by atoms with Gasteiger partial charge in [-0.3, -0.25) is 0 Å². The summed E-state index contributed by atoms with van der Waals surface area (Å²) in [6.45, 7) is 0.563. The number of sulfonamides is 1. The van der Waals surface area contributed by atoms with Crippen molar-refractivity contribution in [3.8, 4) is 0 Å². The highest BCUT2D eigenvalue weighted by Gasteiger charge is 2.15. The zero-order chi connectivity index (χ0) is 18.4. The van der Waals surface area contributed by atoms with Gasteiger partial charge in [-0.25, -0.2) is 18.1 Å². The topological polar surface area (TPSA) is 109 Å².